The molecular formula is C8H12N4OS. The topological polar surface area (TPSA) is 60.7 Å². The molecule has 0 radical (unpaired) electrons. The molecule has 2 heterocycles. The largest absolute Gasteiger partial charge is 0.290 e. The maximum absolute atomic E-state index is 11.9. The van der Waals surface area contributed by atoms with Gasteiger partial charge in [-0.05, 0) is 34.8 Å². The number of carbonyl (C=O) groups is 1. The zero-order valence-electron chi connectivity index (χ0n) is 8.01. The van der Waals surface area contributed by atoms with Crippen molar-refractivity contribution in [3.05, 3.63) is 5.82 Å². The number of aromatic nitrogens is 4. The quantitative estimate of drug-likeness (QED) is 0.669. The smallest absolute Gasteiger partial charge is 0.218 e. The van der Waals surface area contributed by atoms with Gasteiger partial charge in [0.2, 0.25) is 11.6 Å². The second-order valence-electron chi connectivity index (χ2n) is 3.38. The summed E-state index contributed by atoms with van der Waals surface area (Å²) < 4.78 is 1.45. The first-order valence-corrected chi connectivity index (χ1v) is 5.79. The lowest BCUT2D eigenvalue weighted by molar-refractivity contribution is 0.0897. The third kappa shape index (κ3) is 1.79. The third-order valence-corrected chi connectivity index (χ3v) is 3.48. The second-order valence-corrected chi connectivity index (χ2v) is 4.60. The molecule has 0 unspecified atom stereocenters. The predicted octanol–water partition coefficient (Wildman–Crippen LogP) is 0.536. The number of tetrazole rings is 1. The number of rotatable bonds is 2. The lowest BCUT2D eigenvalue weighted by Gasteiger charge is -2.18. The van der Waals surface area contributed by atoms with Crippen molar-refractivity contribution in [2.75, 3.05) is 11.5 Å². The SMILES string of the molecule is Cn1nnnc1C(=O)C1CCSCC1. The summed E-state index contributed by atoms with van der Waals surface area (Å²) in [6, 6.07) is 0. The molecule has 5 nitrogen and oxygen atoms in total. The van der Waals surface area contributed by atoms with E-state index in [2.05, 4.69) is 15.5 Å². The van der Waals surface area contributed by atoms with Crippen LogP contribution in [0.5, 0.6) is 0 Å². The van der Waals surface area contributed by atoms with Gasteiger partial charge >= 0.3 is 0 Å². The van der Waals surface area contributed by atoms with Gasteiger partial charge in [-0.2, -0.15) is 11.8 Å². The van der Waals surface area contributed by atoms with Gasteiger partial charge in [-0.15, -0.1) is 5.10 Å². The molecule has 1 aliphatic rings. The van der Waals surface area contributed by atoms with Crippen LogP contribution in [0.4, 0.5) is 0 Å². The highest BCUT2D eigenvalue weighted by atomic mass is 32.2. The third-order valence-electron chi connectivity index (χ3n) is 2.43. The summed E-state index contributed by atoms with van der Waals surface area (Å²) in [6.45, 7) is 0. The summed E-state index contributed by atoms with van der Waals surface area (Å²) in [5.74, 6) is 2.75. The molecule has 2 rings (SSSR count). The summed E-state index contributed by atoms with van der Waals surface area (Å²) in [5, 5.41) is 10.9. The summed E-state index contributed by atoms with van der Waals surface area (Å²) in [5.41, 5.74) is 0. The normalized spacial score (nSPS) is 18.4. The highest BCUT2D eigenvalue weighted by Crippen LogP contribution is 2.24. The van der Waals surface area contributed by atoms with Crippen molar-refractivity contribution < 1.29 is 4.79 Å². The fraction of sp³-hybridized carbons (Fsp3) is 0.750. The molecule has 1 aromatic rings. The number of carbonyl (C=O) groups excluding carboxylic acids is 1. The van der Waals surface area contributed by atoms with Gasteiger partial charge in [0.25, 0.3) is 0 Å². The molecule has 6 heteroatoms. The maximum atomic E-state index is 11.9. The van der Waals surface area contributed by atoms with Gasteiger partial charge in [-0.1, -0.05) is 0 Å². The van der Waals surface area contributed by atoms with Gasteiger partial charge in [-0.25, -0.2) is 4.68 Å². The van der Waals surface area contributed by atoms with Gasteiger partial charge in [0.05, 0.1) is 0 Å². The van der Waals surface area contributed by atoms with Crippen LogP contribution in [0.1, 0.15) is 23.5 Å². The van der Waals surface area contributed by atoms with Crippen molar-refractivity contribution in [2.24, 2.45) is 13.0 Å². The Morgan fingerprint density at radius 1 is 1.50 bits per heavy atom. The zero-order chi connectivity index (χ0) is 9.97. The Bertz CT molecular complexity index is 332. The number of hydrogen-bond donors (Lipinski definition) is 0. The van der Waals surface area contributed by atoms with E-state index < -0.39 is 0 Å². The van der Waals surface area contributed by atoms with E-state index in [1.807, 2.05) is 11.8 Å². The van der Waals surface area contributed by atoms with E-state index in [1.165, 1.54) is 4.68 Å². The molecule has 0 bridgehead atoms. The van der Waals surface area contributed by atoms with Crippen LogP contribution >= 0.6 is 11.8 Å². The van der Waals surface area contributed by atoms with Crippen molar-refractivity contribution in [3.8, 4) is 0 Å². The van der Waals surface area contributed by atoms with Crippen LogP contribution in [0.2, 0.25) is 0 Å². The van der Waals surface area contributed by atoms with E-state index >= 15 is 0 Å². The monoisotopic (exact) mass is 212 g/mol. The van der Waals surface area contributed by atoms with Crippen molar-refractivity contribution >= 4 is 17.5 Å². The highest BCUT2D eigenvalue weighted by molar-refractivity contribution is 7.99. The Kier molecular flexibility index (Phi) is 2.81. The molecule has 0 N–H and O–H groups in total. The van der Waals surface area contributed by atoms with Crippen LogP contribution in [0.25, 0.3) is 0 Å². The number of thioether (sulfide) groups is 1. The summed E-state index contributed by atoms with van der Waals surface area (Å²) >= 11 is 1.91. The Morgan fingerprint density at radius 3 is 2.79 bits per heavy atom. The molecule has 0 atom stereocenters. The van der Waals surface area contributed by atoms with Gasteiger partial charge in [0.1, 0.15) is 0 Å². The zero-order valence-corrected chi connectivity index (χ0v) is 8.83. The number of hydrogen-bond acceptors (Lipinski definition) is 5. The van der Waals surface area contributed by atoms with Gasteiger partial charge < -0.3 is 0 Å². The van der Waals surface area contributed by atoms with Gasteiger partial charge in [0.15, 0.2) is 0 Å². The van der Waals surface area contributed by atoms with Crippen molar-refractivity contribution in [1.82, 2.24) is 20.2 Å². The van der Waals surface area contributed by atoms with E-state index in [-0.39, 0.29) is 11.7 Å². The summed E-state index contributed by atoms with van der Waals surface area (Å²) in [4.78, 5) is 11.9. The Hall–Kier alpha value is -0.910. The first-order chi connectivity index (χ1) is 6.79. The van der Waals surface area contributed by atoms with E-state index in [0.29, 0.717) is 5.82 Å². The van der Waals surface area contributed by atoms with Crippen LogP contribution in [-0.4, -0.2) is 37.5 Å². The highest BCUT2D eigenvalue weighted by Gasteiger charge is 2.26. The van der Waals surface area contributed by atoms with Crippen LogP contribution in [0.15, 0.2) is 0 Å². The van der Waals surface area contributed by atoms with Crippen LogP contribution < -0.4 is 0 Å². The lowest BCUT2D eigenvalue weighted by Crippen LogP contribution is -2.22. The first kappa shape index (κ1) is 9.64. The molecule has 0 saturated carbocycles. The minimum absolute atomic E-state index is 0.0952. The maximum Gasteiger partial charge on any atom is 0.218 e. The standard InChI is InChI=1S/C8H12N4OS/c1-12-8(9-10-11-12)7(13)6-2-4-14-5-3-6/h6H,2-5H2,1H3. The lowest BCUT2D eigenvalue weighted by atomic mass is 9.97. The molecule has 76 valence electrons. The van der Waals surface area contributed by atoms with Crippen LogP contribution in [0.3, 0.4) is 0 Å². The van der Waals surface area contributed by atoms with Gasteiger partial charge in [-0.3, -0.25) is 4.79 Å². The fourth-order valence-corrected chi connectivity index (χ4v) is 2.69. The van der Waals surface area contributed by atoms with Gasteiger partial charge in [0, 0.05) is 13.0 Å². The van der Waals surface area contributed by atoms with E-state index in [0.717, 1.165) is 24.3 Å². The van der Waals surface area contributed by atoms with Crippen molar-refractivity contribution in [3.63, 3.8) is 0 Å². The van der Waals surface area contributed by atoms with E-state index in [1.54, 1.807) is 7.05 Å². The van der Waals surface area contributed by atoms with Crippen molar-refractivity contribution in [1.29, 1.82) is 0 Å². The first-order valence-electron chi connectivity index (χ1n) is 4.63. The molecule has 1 saturated heterocycles. The molecule has 1 aliphatic heterocycles. The number of Topliss-reactive ketones (excluding diaryl/α,β-unsaturated/α-hetero) is 1. The molecule has 0 amide bonds. The number of ketones is 1. The van der Waals surface area contributed by atoms with E-state index in [9.17, 15) is 4.79 Å². The second kappa shape index (κ2) is 4.08. The summed E-state index contributed by atoms with van der Waals surface area (Å²) in [6.07, 6.45) is 1.91. The molecule has 1 fully saturated rings. The van der Waals surface area contributed by atoms with Crippen LogP contribution in [-0.2, 0) is 7.05 Å². The average Bonchev–Trinajstić information content (AvgIpc) is 2.65. The number of aryl methyl sites for hydroxylation is 1. The van der Waals surface area contributed by atoms with E-state index in [4.69, 9.17) is 0 Å². The molecule has 1 aromatic heterocycles. The summed E-state index contributed by atoms with van der Waals surface area (Å²) in [7, 11) is 1.70. The molecule has 14 heavy (non-hydrogen) atoms. The Balaban J connectivity index is 2.11. The number of nitrogens with zero attached hydrogens (tertiary/aromatic N) is 4. The Morgan fingerprint density at radius 2 is 2.21 bits per heavy atom. The molecule has 0 spiro atoms. The van der Waals surface area contributed by atoms with Crippen molar-refractivity contribution in [2.45, 2.75) is 12.8 Å². The fourth-order valence-electron chi connectivity index (χ4n) is 1.58. The molecule has 0 aromatic carbocycles. The molecule has 0 aliphatic carbocycles. The predicted molar refractivity (Wildman–Crippen MR) is 53.2 cm³/mol. The minimum Gasteiger partial charge on any atom is -0.290 e. The van der Waals surface area contributed by atoms with Crippen LogP contribution in [0, 0.1) is 5.92 Å². The Labute approximate surface area is 86.2 Å². The minimum atomic E-state index is 0.0952. The average molecular weight is 212 g/mol. The molecular weight excluding hydrogens is 200 g/mol.